The van der Waals surface area contributed by atoms with Crippen LogP contribution in [0.2, 0.25) is 0 Å². The Labute approximate surface area is 218 Å². The minimum absolute atomic E-state index is 0.0637. The van der Waals surface area contributed by atoms with Crippen LogP contribution in [0.1, 0.15) is 37.8 Å². The fourth-order valence-corrected chi connectivity index (χ4v) is 4.86. The first-order valence-corrected chi connectivity index (χ1v) is 14.3. The quantitative estimate of drug-likeness (QED) is 0.303. The van der Waals surface area contributed by atoms with Gasteiger partial charge >= 0.3 is 0 Å². The minimum Gasteiger partial charge on any atom is -0.350 e. The molecule has 1 aliphatic carbocycles. The second-order valence-electron chi connectivity index (χ2n) is 10.2. The Balaban J connectivity index is 1.54. The van der Waals surface area contributed by atoms with Crippen LogP contribution < -0.4 is 5.32 Å². The largest absolute Gasteiger partial charge is 0.350 e. The van der Waals surface area contributed by atoms with Crippen LogP contribution in [-0.4, -0.2) is 31.6 Å². The zero-order valence-electron chi connectivity index (χ0n) is 21.2. The van der Waals surface area contributed by atoms with E-state index in [9.17, 15) is 13.2 Å². The van der Waals surface area contributed by atoms with Crippen molar-refractivity contribution in [3.05, 3.63) is 96.2 Å². The molecule has 1 aliphatic rings. The summed E-state index contributed by atoms with van der Waals surface area (Å²) in [6.07, 6.45) is 8.57. The third kappa shape index (κ3) is 5.35. The number of amides is 1. The predicted molar refractivity (Wildman–Crippen MR) is 151 cm³/mol. The van der Waals surface area contributed by atoms with Crippen molar-refractivity contribution in [3.8, 4) is 22.3 Å². The van der Waals surface area contributed by atoms with E-state index in [0.717, 1.165) is 57.1 Å². The Morgan fingerprint density at radius 3 is 2.38 bits per heavy atom. The molecule has 1 aromatic heterocycles. The molecule has 3 aromatic carbocycles. The van der Waals surface area contributed by atoms with Gasteiger partial charge in [0.1, 0.15) is 0 Å². The topological polar surface area (TPSA) is 76.1 Å². The number of hydrogen-bond donors (Lipinski definition) is 1. The fraction of sp³-hybridized carbons (Fsp3) is 0.226. The second-order valence-corrected chi connectivity index (χ2v) is 12.8. The minimum atomic E-state index is -3.35. The number of nitrogens with zero attached hydrogens (tertiary/aromatic N) is 1. The van der Waals surface area contributed by atoms with Gasteiger partial charge in [-0.2, -0.15) is 0 Å². The normalized spacial score (nSPS) is 14.2. The summed E-state index contributed by atoms with van der Waals surface area (Å²) in [6.45, 7) is 3.48. The standard InChI is InChI=1S/C31H30N2O3S/c1-31(2,37(3,35)36)26-19-25-11-6-16-32-30(25)28(20-26)24-10-5-9-23(18-24)22-8-4-7-21(17-22)12-15-29(34)33-27-13-14-27/h4-12,15-20,27H,13-14H2,1-3H3,(H,33,34)/b15-12+. The predicted octanol–water partition coefficient (Wildman–Crippen LogP) is 6.14. The van der Waals surface area contributed by atoms with Crippen molar-refractivity contribution >= 4 is 32.7 Å². The molecule has 0 saturated heterocycles. The Morgan fingerprint density at radius 2 is 1.65 bits per heavy atom. The van der Waals surface area contributed by atoms with Crippen molar-refractivity contribution in [2.45, 2.75) is 37.5 Å². The molecule has 0 aliphatic heterocycles. The molecule has 6 heteroatoms. The number of sulfone groups is 1. The third-order valence-electron chi connectivity index (χ3n) is 7.07. The van der Waals surface area contributed by atoms with E-state index in [1.54, 1.807) is 26.1 Å². The zero-order chi connectivity index (χ0) is 26.2. The van der Waals surface area contributed by atoms with Crippen LogP contribution >= 0.6 is 0 Å². The molecule has 0 radical (unpaired) electrons. The van der Waals surface area contributed by atoms with Gasteiger partial charge in [0.25, 0.3) is 0 Å². The molecule has 188 valence electrons. The molecular weight excluding hydrogens is 480 g/mol. The Morgan fingerprint density at radius 1 is 0.946 bits per heavy atom. The fourth-order valence-electron chi connectivity index (χ4n) is 4.31. The van der Waals surface area contributed by atoms with E-state index >= 15 is 0 Å². The van der Waals surface area contributed by atoms with Gasteiger partial charge in [0, 0.05) is 35.5 Å². The SMILES string of the molecule is CC(C)(c1cc(-c2cccc(-c3cccc(/C=C/C(=O)NC4CC4)c3)c2)c2ncccc2c1)S(C)(=O)=O. The van der Waals surface area contributed by atoms with Crippen molar-refractivity contribution < 1.29 is 13.2 Å². The maximum atomic E-state index is 12.6. The molecule has 0 bridgehead atoms. The van der Waals surface area contributed by atoms with Gasteiger partial charge in [-0.05, 0) is 90.9 Å². The van der Waals surface area contributed by atoms with Gasteiger partial charge in [-0.25, -0.2) is 8.42 Å². The van der Waals surface area contributed by atoms with Gasteiger partial charge in [-0.3, -0.25) is 9.78 Å². The van der Waals surface area contributed by atoms with Gasteiger partial charge in [0.15, 0.2) is 9.84 Å². The summed E-state index contributed by atoms with van der Waals surface area (Å²) in [5, 5.41) is 3.86. The van der Waals surface area contributed by atoms with Crippen LogP contribution in [0.4, 0.5) is 0 Å². The Bertz CT molecular complexity index is 1630. The highest BCUT2D eigenvalue weighted by Crippen LogP contribution is 2.37. The first-order chi connectivity index (χ1) is 17.6. The second kappa shape index (κ2) is 9.60. The summed E-state index contributed by atoms with van der Waals surface area (Å²) in [7, 11) is -3.35. The van der Waals surface area contributed by atoms with Gasteiger partial charge in [-0.1, -0.05) is 42.5 Å². The van der Waals surface area contributed by atoms with Crippen LogP contribution in [0.5, 0.6) is 0 Å². The molecule has 37 heavy (non-hydrogen) atoms. The third-order valence-corrected chi connectivity index (χ3v) is 9.16. The molecule has 1 N–H and O–H groups in total. The van der Waals surface area contributed by atoms with E-state index in [1.165, 1.54) is 6.26 Å². The van der Waals surface area contributed by atoms with E-state index in [4.69, 9.17) is 0 Å². The van der Waals surface area contributed by atoms with Crippen molar-refractivity contribution in [1.82, 2.24) is 10.3 Å². The van der Waals surface area contributed by atoms with Crippen LogP contribution in [0.3, 0.4) is 0 Å². The number of benzene rings is 3. The lowest BCUT2D eigenvalue weighted by Gasteiger charge is -2.24. The summed E-state index contributed by atoms with van der Waals surface area (Å²) in [6, 6.07) is 24.3. The molecule has 1 saturated carbocycles. The lowest BCUT2D eigenvalue weighted by Crippen LogP contribution is -2.28. The van der Waals surface area contributed by atoms with E-state index in [0.29, 0.717) is 6.04 Å². The lowest BCUT2D eigenvalue weighted by atomic mass is 9.92. The number of fused-ring (bicyclic) bond motifs is 1. The molecule has 0 unspecified atom stereocenters. The summed E-state index contributed by atoms with van der Waals surface area (Å²) < 4.78 is 24.2. The summed E-state index contributed by atoms with van der Waals surface area (Å²) >= 11 is 0. The number of carbonyl (C=O) groups is 1. The van der Waals surface area contributed by atoms with Gasteiger partial charge in [0.05, 0.1) is 10.3 Å². The molecule has 4 aromatic rings. The number of aromatic nitrogens is 1. The molecule has 0 atom stereocenters. The van der Waals surface area contributed by atoms with E-state index < -0.39 is 14.6 Å². The summed E-state index contributed by atoms with van der Waals surface area (Å²) in [5.41, 5.74) is 6.39. The average molecular weight is 511 g/mol. The first-order valence-electron chi connectivity index (χ1n) is 12.4. The van der Waals surface area contributed by atoms with Crippen LogP contribution in [0.15, 0.2) is 85.1 Å². The number of pyridine rings is 1. The lowest BCUT2D eigenvalue weighted by molar-refractivity contribution is -0.116. The average Bonchev–Trinajstić information content (AvgIpc) is 3.70. The van der Waals surface area contributed by atoms with Crippen molar-refractivity contribution in [1.29, 1.82) is 0 Å². The Hall–Kier alpha value is -3.77. The van der Waals surface area contributed by atoms with Crippen LogP contribution in [0.25, 0.3) is 39.2 Å². The summed E-state index contributed by atoms with van der Waals surface area (Å²) in [5.74, 6) is -0.0637. The van der Waals surface area contributed by atoms with Gasteiger partial charge in [0.2, 0.25) is 5.91 Å². The molecule has 5 rings (SSSR count). The maximum Gasteiger partial charge on any atom is 0.244 e. The molecule has 1 heterocycles. The van der Waals surface area contributed by atoms with E-state index in [1.807, 2.05) is 66.7 Å². The molecular formula is C31H30N2O3S. The summed E-state index contributed by atoms with van der Waals surface area (Å²) in [4.78, 5) is 16.7. The smallest absolute Gasteiger partial charge is 0.244 e. The molecule has 5 nitrogen and oxygen atoms in total. The highest BCUT2D eigenvalue weighted by atomic mass is 32.2. The molecule has 1 amide bonds. The Kier molecular flexibility index (Phi) is 6.46. The van der Waals surface area contributed by atoms with Crippen molar-refractivity contribution in [2.24, 2.45) is 0 Å². The molecule has 0 spiro atoms. The van der Waals surface area contributed by atoms with E-state index in [-0.39, 0.29) is 5.91 Å². The van der Waals surface area contributed by atoms with Crippen LogP contribution in [0, 0.1) is 0 Å². The highest BCUT2D eigenvalue weighted by molar-refractivity contribution is 7.91. The highest BCUT2D eigenvalue weighted by Gasteiger charge is 2.33. The zero-order valence-corrected chi connectivity index (χ0v) is 22.0. The van der Waals surface area contributed by atoms with Gasteiger partial charge in [-0.15, -0.1) is 0 Å². The van der Waals surface area contributed by atoms with Crippen LogP contribution in [-0.2, 0) is 19.4 Å². The number of carbonyl (C=O) groups excluding carboxylic acids is 1. The van der Waals surface area contributed by atoms with E-state index in [2.05, 4.69) is 22.4 Å². The maximum absolute atomic E-state index is 12.6. The molecule has 1 fully saturated rings. The number of rotatable bonds is 7. The first kappa shape index (κ1) is 24.9. The van der Waals surface area contributed by atoms with Crippen molar-refractivity contribution in [3.63, 3.8) is 0 Å². The number of hydrogen-bond acceptors (Lipinski definition) is 4. The number of nitrogens with one attached hydrogen (secondary N) is 1. The van der Waals surface area contributed by atoms with Crippen molar-refractivity contribution in [2.75, 3.05) is 6.26 Å². The monoisotopic (exact) mass is 510 g/mol. The van der Waals surface area contributed by atoms with Gasteiger partial charge < -0.3 is 5.32 Å².